The van der Waals surface area contributed by atoms with Gasteiger partial charge in [-0.05, 0) is 48.9 Å². The summed E-state index contributed by atoms with van der Waals surface area (Å²) >= 11 is 6.99. The number of aryl methyl sites for hydroxylation is 2. The summed E-state index contributed by atoms with van der Waals surface area (Å²) < 4.78 is 10.1. The third kappa shape index (κ3) is 9.51. The van der Waals surface area contributed by atoms with Crippen LogP contribution in [0.15, 0.2) is 46.7 Å². The van der Waals surface area contributed by atoms with Gasteiger partial charge in [0.1, 0.15) is 11.5 Å². The average Bonchev–Trinajstić information content (AvgIpc) is 3.02. The molecule has 5 N–H and O–H groups in total. The molecule has 240 valence electrons. The highest BCUT2D eigenvalue weighted by atomic mass is 35.5. The molecule has 0 aliphatic heterocycles. The fraction of sp³-hybridized carbons (Fsp3) is 0.276. The molecule has 3 heterocycles. The Morgan fingerprint density at radius 1 is 0.867 bits per heavy atom. The topological polar surface area (TPSA) is 188 Å². The fourth-order valence-corrected chi connectivity index (χ4v) is 7.12. The van der Waals surface area contributed by atoms with Gasteiger partial charge in [-0.25, -0.2) is 4.79 Å². The van der Waals surface area contributed by atoms with E-state index < -0.39 is 5.97 Å². The van der Waals surface area contributed by atoms with Crippen LogP contribution in [-0.2, 0) is 24.7 Å². The lowest BCUT2D eigenvalue weighted by Crippen LogP contribution is -2.01. The van der Waals surface area contributed by atoms with E-state index in [1.807, 2.05) is 0 Å². The number of aliphatic hydroxyl groups excluding tert-OH is 2. The van der Waals surface area contributed by atoms with Crippen molar-refractivity contribution in [1.82, 2.24) is 19.9 Å². The number of carboxylic acid groups (broad SMARTS) is 1. The van der Waals surface area contributed by atoms with Gasteiger partial charge in [-0.2, -0.15) is 9.97 Å². The molecule has 1 aromatic carbocycles. The first kappa shape index (κ1) is 36.0. The van der Waals surface area contributed by atoms with Crippen molar-refractivity contribution in [2.24, 2.45) is 0 Å². The first-order valence-corrected chi connectivity index (χ1v) is 16.7. The Balaban J connectivity index is 0.000000248. The maximum atomic E-state index is 11.3. The first-order valence-electron chi connectivity index (χ1n) is 13.0. The Labute approximate surface area is 276 Å². The SMILES string of the molecule is COc1cc(OC)nc(Sc2cccc(Cl)c2C(=O)O)n1.Cc1ncc(CSSCc2cnc(C)c(O)c2CO)c(CO)c1O. The molecule has 0 spiro atoms. The number of aromatic carboxylic acids is 1. The number of benzene rings is 1. The van der Waals surface area contributed by atoms with E-state index in [9.17, 15) is 30.3 Å². The van der Waals surface area contributed by atoms with Crippen LogP contribution in [0.1, 0.15) is 44.0 Å². The number of hydrogen-bond acceptors (Lipinski definition) is 14. The molecule has 12 nitrogen and oxygen atoms in total. The highest BCUT2D eigenvalue weighted by Gasteiger charge is 2.17. The maximum Gasteiger partial charge on any atom is 0.338 e. The molecule has 0 saturated heterocycles. The van der Waals surface area contributed by atoms with Crippen molar-refractivity contribution in [2.45, 2.75) is 48.6 Å². The van der Waals surface area contributed by atoms with Gasteiger partial charge < -0.3 is 35.0 Å². The smallest absolute Gasteiger partial charge is 0.338 e. The molecule has 0 radical (unpaired) electrons. The molecule has 0 unspecified atom stereocenters. The number of pyridine rings is 2. The molecule has 0 atom stereocenters. The molecular weight excluding hydrogens is 664 g/mol. The van der Waals surface area contributed by atoms with Crippen molar-refractivity contribution in [3.05, 3.63) is 80.9 Å². The van der Waals surface area contributed by atoms with E-state index in [-0.39, 0.29) is 35.3 Å². The van der Waals surface area contributed by atoms with Crippen molar-refractivity contribution in [3.63, 3.8) is 0 Å². The van der Waals surface area contributed by atoms with Crippen LogP contribution >= 0.6 is 45.0 Å². The van der Waals surface area contributed by atoms with Gasteiger partial charge >= 0.3 is 5.97 Å². The molecule has 4 rings (SSSR count). The summed E-state index contributed by atoms with van der Waals surface area (Å²) in [4.78, 5) is 28.2. The van der Waals surface area contributed by atoms with Gasteiger partial charge in [0.2, 0.25) is 11.8 Å². The Hall–Kier alpha value is -3.47. The summed E-state index contributed by atoms with van der Waals surface area (Å²) in [7, 11) is 6.02. The van der Waals surface area contributed by atoms with E-state index in [0.717, 1.165) is 22.9 Å². The second-order valence-corrected chi connectivity index (χ2v) is 12.9. The number of aliphatic hydroxyl groups is 2. The maximum absolute atomic E-state index is 11.3. The van der Waals surface area contributed by atoms with Gasteiger partial charge in [-0.15, -0.1) is 0 Å². The second-order valence-electron chi connectivity index (χ2n) is 8.99. The predicted molar refractivity (Wildman–Crippen MR) is 173 cm³/mol. The molecule has 0 amide bonds. The Morgan fingerprint density at radius 3 is 1.78 bits per heavy atom. The van der Waals surface area contributed by atoms with Crippen molar-refractivity contribution in [3.8, 4) is 23.3 Å². The molecular formula is C29H31ClN4O8S3. The van der Waals surface area contributed by atoms with Crippen LogP contribution in [0.25, 0.3) is 0 Å². The third-order valence-electron chi connectivity index (χ3n) is 6.16. The molecule has 0 aliphatic carbocycles. The summed E-state index contributed by atoms with van der Waals surface area (Å²) in [5.41, 5.74) is 3.57. The van der Waals surface area contributed by atoms with E-state index in [0.29, 0.717) is 55.8 Å². The Morgan fingerprint density at radius 2 is 1.36 bits per heavy atom. The van der Waals surface area contributed by atoms with E-state index >= 15 is 0 Å². The fourth-order valence-electron chi connectivity index (χ4n) is 3.71. The number of methoxy groups -OCH3 is 2. The summed E-state index contributed by atoms with van der Waals surface area (Å²) in [5, 5.41) is 48.4. The van der Waals surface area contributed by atoms with Crippen LogP contribution < -0.4 is 9.47 Å². The van der Waals surface area contributed by atoms with Crippen molar-refractivity contribution in [2.75, 3.05) is 14.2 Å². The first-order chi connectivity index (χ1) is 21.5. The number of halogens is 1. The van der Waals surface area contributed by atoms with E-state index in [1.165, 1.54) is 47.9 Å². The minimum Gasteiger partial charge on any atom is -0.506 e. The molecule has 0 aliphatic rings. The number of rotatable bonds is 12. The largest absolute Gasteiger partial charge is 0.506 e. The highest BCUT2D eigenvalue weighted by molar-refractivity contribution is 8.76. The summed E-state index contributed by atoms with van der Waals surface area (Å²) in [6.45, 7) is 2.90. The van der Waals surface area contributed by atoms with Crippen LogP contribution in [0.4, 0.5) is 0 Å². The number of ether oxygens (including phenoxy) is 2. The van der Waals surface area contributed by atoms with Gasteiger partial charge in [0.15, 0.2) is 5.16 Å². The monoisotopic (exact) mass is 694 g/mol. The quantitative estimate of drug-likeness (QED) is 0.0703. The van der Waals surface area contributed by atoms with Crippen LogP contribution in [0.2, 0.25) is 5.02 Å². The molecule has 0 bridgehead atoms. The normalized spacial score (nSPS) is 10.6. The van der Waals surface area contributed by atoms with Gasteiger partial charge in [0.25, 0.3) is 0 Å². The Bertz CT molecular complexity index is 1560. The lowest BCUT2D eigenvalue weighted by atomic mass is 10.1. The molecule has 0 fully saturated rings. The third-order valence-corrected chi connectivity index (χ3v) is 9.63. The van der Waals surface area contributed by atoms with Crippen molar-refractivity contribution in [1.29, 1.82) is 0 Å². The number of aromatic hydroxyl groups is 2. The minimum absolute atomic E-state index is 0.00885. The van der Waals surface area contributed by atoms with Gasteiger partial charge in [-0.3, -0.25) is 9.97 Å². The molecule has 4 aromatic rings. The second kappa shape index (κ2) is 17.3. The molecule has 45 heavy (non-hydrogen) atoms. The molecule has 16 heteroatoms. The number of hydrogen-bond donors (Lipinski definition) is 5. The Kier molecular flexibility index (Phi) is 13.8. The number of aromatic nitrogens is 4. The van der Waals surface area contributed by atoms with Crippen molar-refractivity contribution >= 4 is 50.9 Å². The van der Waals surface area contributed by atoms with Crippen molar-refractivity contribution < 1.29 is 39.8 Å². The standard InChI is InChI=1S/C16H20N2O4S2.C13H11ClN2O4S/c1-9-15(21)13(5-19)11(3-17-9)7-23-24-8-12-4-18-10(2)16(22)14(12)6-20;1-19-9-6-10(20-2)16-13(15-9)21-8-5-3-4-7(14)11(8)12(17)18/h3-4,19-22H,5-8H2,1-2H3;3-6H,1-2H3,(H,17,18). The van der Waals surface area contributed by atoms with Gasteiger partial charge in [0, 0.05) is 39.9 Å². The molecule has 3 aromatic heterocycles. The van der Waals surface area contributed by atoms with E-state index in [4.69, 9.17) is 21.1 Å². The van der Waals surface area contributed by atoms with Crippen LogP contribution in [-0.4, -0.2) is 65.7 Å². The highest BCUT2D eigenvalue weighted by Crippen LogP contribution is 2.36. The number of nitrogens with zero attached hydrogens (tertiary/aromatic N) is 4. The zero-order chi connectivity index (χ0) is 33.1. The summed E-state index contributed by atoms with van der Waals surface area (Å²) in [5.74, 6) is 0.749. The van der Waals surface area contributed by atoms with Gasteiger partial charge in [-0.1, -0.05) is 39.3 Å². The lowest BCUT2D eigenvalue weighted by Gasteiger charge is -2.12. The minimum atomic E-state index is -1.11. The molecule has 0 saturated carbocycles. The average molecular weight is 695 g/mol. The predicted octanol–water partition coefficient (Wildman–Crippen LogP) is 5.57. The lowest BCUT2D eigenvalue weighted by molar-refractivity contribution is 0.0693. The number of carboxylic acids is 1. The van der Waals surface area contributed by atoms with Crippen LogP contribution in [0.3, 0.4) is 0 Å². The summed E-state index contributed by atoms with van der Waals surface area (Å²) in [6, 6.07) is 6.34. The van der Waals surface area contributed by atoms with Crippen LogP contribution in [0.5, 0.6) is 23.3 Å². The summed E-state index contributed by atoms with van der Waals surface area (Å²) in [6.07, 6.45) is 3.32. The van der Waals surface area contributed by atoms with E-state index in [1.54, 1.807) is 38.4 Å². The van der Waals surface area contributed by atoms with Crippen LogP contribution in [0, 0.1) is 13.8 Å². The van der Waals surface area contributed by atoms with E-state index in [2.05, 4.69) is 19.9 Å². The zero-order valence-corrected chi connectivity index (χ0v) is 27.9. The number of carbonyl (C=O) groups is 1. The van der Waals surface area contributed by atoms with Gasteiger partial charge in [0.05, 0.1) is 55.5 Å². The zero-order valence-electron chi connectivity index (χ0n) is 24.6.